The number of carbonyl (C=O) groups is 3. The molecule has 0 radical (unpaired) electrons. The second kappa shape index (κ2) is 10.7. The Morgan fingerprint density at radius 2 is 1.00 bits per heavy atom. The number of ether oxygens (including phenoxy) is 4. The summed E-state index contributed by atoms with van der Waals surface area (Å²) in [6.45, 7) is -0.272. The molecule has 0 aliphatic carbocycles. The van der Waals surface area contributed by atoms with Crippen LogP contribution in [0.4, 0.5) is 0 Å². The Bertz CT molecular complexity index is 1120. The van der Waals surface area contributed by atoms with Gasteiger partial charge in [0.15, 0.2) is 24.6 Å². The number of aliphatic hydroxyl groups excluding tert-OH is 1. The third-order valence-electron chi connectivity index (χ3n) is 5.18. The molecule has 1 aliphatic rings. The highest BCUT2D eigenvalue weighted by Crippen LogP contribution is 2.25. The first kappa shape index (κ1) is 23.2. The Morgan fingerprint density at radius 3 is 1.44 bits per heavy atom. The molecule has 0 amide bonds. The Morgan fingerprint density at radius 1 is 0.618 bits per heavy atom. The molecule has 1 heterocycles. The summed E-state index contributed by atoms with van der Waals surface area (Å²) in [5.41, 5.74) is 0.746. The van der Waals surface area contributed by atoms with Gasteiger partial charge in [-0.05, 0) is 36.4 Å². The lowest BCUT2D eigenvalue weighted by atomic mass is 10.0. The van der Waals surface area contributed by atoms with Gasteiger partial charge in [0, 0.05) is 0 Å². The first-order valence-corrected chi connectivity index (χ1v) is 10.6. The van der Waals surface area contributed by atoms with E-state index in [0.717, 1.165) is 0 Å². The van der Waals surface area contributed by atoms with Crippen LogP contribution in [0.25, 0.3) is 0 Å². The van der Waals surface area contributed by atoms with Crippen LogP contribution in [0.15, 0.2) is 91.0 Å². The van der Waals surface area contributed by atoms with Crippen LogP contribution in [0.1, 0.15) is 31.1 Å². The summed E-state index contributed by atoms with van der Waals surface area (Å²) in [7, 11) is 0. The maximum absolute atomic E-state index is 12.8. The molecular formula is C26H22O8. The Kier molecular flexibility index (Phi) is 7.31. The van der Waals surface area contributed by atoms with E-state index >= 15 is 0 Å². The third kappa shape index (κ3) is 5.48. The highest BCUT2D eigenvalue weighted by molar-refractivity contribution is 5.91. The molecule has 0 saturated carbocycles. The van der Waals surface area contributed by atoms with Crippen molar-refractivity contribution in [2.24, 2.45) is 0 Å². The van der Waals surface area contributed by atoms with Gasteiger partial charge >= 0.3 is 17.9 Å². The minimum atomic E-state index is -1.60. The van der Waals surface area contributed by atoms with Crippen molar-refractivity contribution in [1.82, 2.24) is 0 Å². The lowest BCUT2D eigenvalue weighted by molar-refractivity contribution is -0.251. The monoisotopic (exact) mass is 462 g/mol. The second-order valence-corrected chi connectivity index (χ2v) is 7.51. The van der Waals surface area contributed by atoms with Crippen LogP contribution in [-0.4, -0.2) is 54.2 Å². The van der Waals surface area contributed by atoms with E-state index in [1.807, 2.05) is 0 Å². The number of rotatable bonds is 6. The van der Waals surface area contributed by atoms with Gasteiger partial charge in [-0.25, -0.2) is 14.4 Å². The number of esters is 3. The molecule has 4 atom stereocenters. The zero-order valence-electron chi connectivity index (χ0n) is 18.0. The van der Waals surface area contributed by atoms with Crippen molar-refractivity contribution in [1.29, 1.82) is 0 Å². The summed E-state index contributed by atoms with van der Waals surface area (Å²) >= 11 is 0. The largest absolute Gasteiger partial charge is 0.452 e. The van der Waals surface area contributed by atoms with E-state index in [2.05, 4.69) is 0 Å². The molecule has 34 heavy (non-hydrogen) atoms. The maximum Gasteiger partial charge on any atom is 0.338 e. The number of hydrogen-bond acceptors (Lipinski definition) is 8. The standard InChI is InChI=1S/C26H22O8/c27-23(17-10-4-1-5-11-17)32-20-16-31-26(30)22(34-25(29)19-14-8-3-9-15-19)21(20)33-24(28)18-12-6-2-7-13-18/h1-15,20-22,26,30H,16H2/t20-,21+,22+,26-/m0/s1. The minimum Gasteiger partial charge on any atom is -0.452 e. The Labute approximate surface area is 195 Å². The summed E-state index contributed by atoms with van der Waals surface area (Å²) in [5.74, 6) is -2.18. The van der Waals surface area contributed by atoms with Crippen molar-refractivity contribution in [2.45, 2.75) is 24.6 Å². The van der Waals surface area contributed by atoms with Crippen LogP contribution in [0.5, 0.6) is 0 Å². The van der Waals surface area contributed by atoms with E-state index in [1.54, 1.807) is 78.9 Å². The van der Waals surface area contributed by atoms with Crippen LogP contribution >= 0.6 is 0 Å². The van der Waals surface area contributed by atoms with Gasteiger partial charge in [0.1, 0.15) is 0 Å². The van der Waals surface area contributed by atoms with E-state index in [9.17, 15) is 19.5 Å². The number of hydrogen-bond donors (Lipinski definition) is 1. The van der Waals surface area contributed by atoms with Gasteiger partial charge < -0.3 is 24.1 Å². The predicted molar refractivity (Wildman–Crippen MR) is 119 cm³/mol. The molecule has 174 valence electrons. The molecule has 3 aromatic carbocycles. The number of benzene rings is 3. The van der Waals surface area contributed by atoms with E-state index < -0.39 is 42.5 Å². The smallest absolute Gasteiger partial charge is 0.338 e. The summed E-state index contributed by atoms with van der Waals surface area (Å²) in [6.07, 6.45) is -5.51. The molecule has 4 rings (SSSR count). The SMILES string of the molecule is O=C(O[C@@H]1[C@H](OC(=O)c2ccccc2)[C@@H](OC(=O)c2ccccc2)CO[C@@H]1O)c1ccccc1. The van der Waals surface area contributed by atoms with Crippen molar-refractivity contribution in [2.75, 3.05) is 6.61 Å². The molecule has 0 aromatic heterocycles. The molecule has 1 aliphatic heterocycles. The zero-order valence-corrected chi connectivity index (χ0v) is 18.0. The van der Waals surface area contributed by atoms with Crippen LogP contribution in [0, 0.1) is 0 Å². The van der Waals surface area contributed by atoms with E-state index in [-0.39, 0.29) is 23.3 Å². The van der Waals surface area contributed by atoms with Gasteiger partial charge in [0.2, 0.25) is 0 Å². The van der Waals surface area contributed by atoms with Crippen LogP contribution in [-0.2, 0) is 18.9 Å². The first-order valence-electron chi connectivity index (χ1n) is 10.6. The molecular weight excluding hydrogens is 440 g/mol. The lowest BCUT2D eigenvalue weighted by Gasteiger charge is -2.38. The summed E-state index contributed by atoms with van der Waals surface area (Å²) in [4.78, 5) is 38.1. The Hall–Kier alpha value is -4.01. The molecule has 8 nitrogen and oxygen atoms in total. The molecule has 8 heteroatoms. The van der Waals surface area contributed by atoms with Gasteiger partial charge in [-0.3, -0.25) is 0 Å². The number of aliphatic hydroxyl groups is 1. The third-order valence-corrected chi connectivity index (χ3v) is 5.18. The molecule has 0 unspecified atom stereocenters. The van der Waals surface area contributed by atoms with E-state index in [1.165, 1.54) is 12.1 Å². The molecule has 3 aromatic rings. The molecule has 1 saturated heterocycles. The molecule has 0 bridgehead atoms. The van der Waals surface area contributed by atoms with Gasteiger partial charge in [-0.15, -0.1) is 0 Å². The van der Waals surface area contributed by atoms with E-state index in [0.29, 0.717) is 0 Å². The highest BCUT2D eigenvalue weighted by Gasteiger charge is 2.47. The van der Waals surface area contributed by atoms with Gasteiger partial charge in [0.25, 0.3) is 0 Å². The lowest BCUT2D eigenvalue weighted by Crippen LogP contribution is -2.57. The van der Waals surface area contributed by atoms with Crippen molar-refractivity contribution >= 4 is 17.9 Å². The van der Waals surface area contributed by atoms with Crippen molar-refractivity contribution in [3.8, 4) is 0 Å². The summed E-state index contributed by atoms with van der Waals surface area (Å²) in [6, 6.07) is 24.5. The van der Waals surface area contributed by atoms with Crippen molar-refractivity contribution < 1.29 is 38.4 Å². The van der Waals surface area contributed by atoms with Crippen LogP contribution in [0.2, 0.25) is 0 Å². The molecule has 1 fully saturated rings. The molecule has 1 N–H and O–H groups in total. The van der Waals surface area contributed by atoms with Crippen LogP contribution in [0.3, 0.4) is 0 Å². The van der Waals surface area contributed by atoms with Gasteiger partial charge in [0.05, 0.1) is 23.3 Å². The average Bonchev–Trinajstić information content (AvgIpc) is 2.89. The normalized spacial score (nSPS) is 21.8. The van der Waals surface area contributed by atoms with Gasteiger partial charge in [-0.2, -0.15) is 0 Å². The van der Waals surface area contributed by atoms with E-state index in [4.69, 9.17) is 18.9 Å². The van der Waals surface area contributed by atoms with Crippen molar-refractivity contribution in [3.63, 3.8) is 0 Å². The fourth-order valence-electron chi connectivity index (χ4n) is 3.44. The Balaban J connectivity index is 1.59. The second-order valence-electron chi connectivity index (χ2n) is 7.51. The topological polar surface area (TPSA) is 108 Å². The van der Waals surface area contributed by atoms with Crippen molar-refractivity contribution in [3.05, 3.63) is 108 Å². The number of carbonyl (C=O) groups excluding carboxylic acids is 3. The zero-order chi connectivity index (χ0) is 23.9. The highest BCUT2D eigenvalue weighted by atomic mass is 16.7. The predicted octanol–water partition coefficient (Wildman–Crippen LogP) is 3.01. The summed E-state index contributed by atoms with van der Waals surface area (Å²) < 4.78 is 21.9. The molecule has 0 spiro atoms. The average molecular weight is 462 g/mol. The summed E-state index contributed by atoms with van der Waals surface area (Å²) in [5, 5.41) is 10.5. The van der Waals surface area contributed by atoms with Crippen LogP contribution < -0.4 is 0 Å². The maximum atomic E-state index is 12.8. The van der Waals surface area contributed by atoms with Gasteiger partial charge in [-0.1, -0.05) is 54.6 Å². The fraction of sp³-hybridized carbons (Fsp3) is 0.192. The minimum absolute atomic E-state index is 0.228. The fourth-order valence-corrected chi connectivity index (χ4v) is 3.44. The first-order chi connectivity index (χ1) is 16.5. The quantitative estimate of drug-likeness (QED) is 0.440.